The van der Waals surface area contributed by atoms with Gasteiger partial charge in [0.15, 0.2) is 17.5 Å². The first-order chi connectivity index (χ1) is 13.5. The van der Waals surface area contributed by atoms with E-state index in [2.05, 4.69) is 4.98 Å². The molecule has 28 heavy (non-hydrogen) atoms. The van der Waals surface area contributed by atoms with Gasteiger partial charge in [-0.25, -0.2) is 9.78 Å². The molecule has 0 aliphatic carbocycles. The number of benzene rings is 1. The van der Waals surface area contributed by atoms with Crippen molar-refractivity contribution in [2.75, 3.05) is 4.90 Å². The van der Waals surface area contributed by atoms with Crippen molar-refractivity contribution >= 4 is 34.0 Å². The maximum absolute atomic E-state index is 12.3. The molecule has 2 heterocycles. The molecule has 0 unspecified atom stereocenters. The molecule has 0 saturated heterocycles. The zero-order valence-electron chi connectivity index (χ0n) is 15.5. The van der Waals surface area contributed by atoms with E-state index in [-0.39, 0.29) is 18.1 Å². The molecule has 8 heteroatoms. The van der Waals surface area contributed by atoms with Gasteiger partial charge in [0.05, 0.1) is 16.9 Å². The Labute approximate surface area is 166 Å². The Kier molecular flexibility index (Phi) is 6.00. The van der Waals surface area contributed by atoms with Gasteiger partial charge < -0.3 is 9.94 Å². The number of nitrogens with zero attached hydrogens (tertiary/aromatic N) is 3. The second kappa shape index (κ2) is 8.62. The van der Waals surface area contributed by atoms with Gasteiger partial charge in [0, 0.05) is 24.4 Å². The Balaban J connectivity index is 1.75. The average Bonchev–Trinajstić information content (AvgIpc) is 3.15. The molecule has 0 N–H and O–H groups in total. The van der Waals surface area contributed by atoms with E-state index in [0.29, 0.717) is 15.6 Å². The van der Waals surface area contributed by atoms with Gasteiger partial charge in [-0.3, -0.25) is 9.69 Å². The lowest BCUT2D eigenvalue weighted by Crippen LogP contribution is -2.24. The van der Waals surface area contributed by atoms with Crippen LogP contribution in [0.15, 0.2) is 54.2 Å². The second-order valence-electron chi connectivity index (χ2n) is 5.98. The molecule has 3 aromatic rings. The third-order valence-electron chi connectivity index (χ3n) is 4.05. The molecule has 0 radical (unpaired) electrons. The highest BCUT2D eigenvalue weighted by Gasteiger charge is 2.20. The van der Waals surface area contributed by atoms with Crippen LogP contribution in [-0.2, 0) is 22.6 Å². The van der Waals surface area contributed by atoms with Crippen LogP contribution in [0.5, 0.6) is 0 Å². The number of aromatic nitrogens is 2. The Morgan fingerprint density at radius 3 is 2.61 bits per heavy atom. The van der Waals surface area contributed by atoms with Crippen molar-refractivity contribution in [2.45, 2.75) is 26.9 Å². The molecule has 1 aromatic carbocycles. The molecule has 0 spiro atoms. The van der Waals surface area contributed by atoms with Crippen LogP contribution >= 0.6 is 11.3 Å². The number of hydrogen-bond donors (Lipinski definition) is 0. The molecular weight excluding hydrogens is 378 g/mol. The van der Waals surface area contributed by atoms with Crippen LogP contribution in [0.2, 0.25) is 0 Å². The van der Waals surface area contributed by atoms with E-state index in [9.17, 15) is 14.8 Å². The fourth-order valence-corrected chi connectivity index (χ4v) is 3.54. The number of amides is 1. The maximum Gasteiger partial charge on any atom is 0.338 e. The highest BCUT2D eigenvalue weighted by molar-refractivity contribution is 7.14. The zero-order chi connectivity index (χ0) is 20.1. The van der Waals surface area contributed by atoms with Crippen molar-refractivity contribution in [1.82, 2.24) is 4.98 Å². The van der Waals surface area contributed by atoms with Gasteiger partial charge in [-0.2, -0.15) is 4.73 Å². The van der Waals surface area contributed by atoms with Gasteiger partial charge >= 0.3 is 5.97 Å². The highest BCUT2D eigenvalue weighted by atomic mass is 32.1. The number of carbonyl (C=O) groups excluding carboxylic acids is 2. The first-order valence-electron chi connectivity index (χ1n) is 8.68. The number of para-hydroxylation sites is 1. The summed E-state index contributed by atoms with van der Waals surface area (Å²) in [5.41, 5.74) is 2.67. The monoisotopic (exact) mass is 397 g/mol. The van der Waals surface area contributed by atoms with E-state index in [4.69, 9.17) is 4.74 Å². The van der Waals surface area contributed by atoms with Crippen molar-refractivity contribution in [3.63, 3.8) is 0 Å². The van der Waals surface area contributed by atoms with Gasteiger partial charge in [0.1, 0.15) is 6.61 Å². The molecule has 3 rings (SSSR count). The van der Waals surface area contributed by atoms with Gasteiger partial charge in [-0.05, 0) is 18.1 Å². The van der Waals surface area contributed by atoms with Crippen molar-refractivity contribution in [2.24, 2.45) is 0 Å². The van der Waals surface area contributed by atoms with Crippen molar-refractivity contribution in [3.8, 4) is 0 Å². The summed E-state index contributed by atoms with van der Waals surface area (Å²) < 4.78 is 5.84. The van der Waals surface area contributed by atoms with Crippen LogP contribution in [0, 0.1) is 5.21 Å². The number of esters is 1. The molecule has 0 fully saturated rings. The molecule has 0 aliphatic rings. The first kappa shape index (κ1) is 19.5. The van der Waals surface area contributed by atoms with Crippen molar-refractivity contribution in [1.29, 1.82) is 0 Å². The number of aryl methyl sites for hydroxylation is 1. The van der Waals surface area contributed by atoms with Crippen LogP contribution in [0.25, 0.3) is 0 Å². The second-order valence-corrected chi connectivity index (χ2v) is 6.82. The smallest absolute Gasteiger partial charge is 0.338 e. The third kappa shape index (κ3) is 4.34. The molecule has 144 valence electrons. The molecule has 1 amide bonds. The minimum Gasteiger partial charge on any atom is -0.619 e. The fourth-order valence-electron chi connectivity index (χ4n) is 2.67. The lowest BCUT2D eigenvalue weighted by molar-refractivity contribution is -0.605. The molecule has 7 nitrogen and oxygen atoms in total. The Morgan fingerprint density at radius 2 is 1.93 bits per heavy atom. The Morgan fingerprint density at radius 1 is 1.21 bits per heavy atom. The molecule has 2 aromatic heterocycles. The SMILES string of the molecule is CCc1ccccc1N(C(C)=O)c1nc(COC(=O)c2cc[n+]([O-])cc2)cs1. The predicted octanol–water partition coefficient (Wildman–Crippen LogP) is 3.38. The van der Waals surface area contributed by atoms with E-state index in [1.165, 1.54) is 42.8 Å². The summed E-state index contributed by atoms with van der Waals surface area (Å²) in [7, 11) is 0. The lowest BCUT2D eigenvalue weighted by atomic mass is 10.1. The fraction of sp³-hybridized carbons (Fsp3) is 0.200. The van der Waals surface area contributed by atoms with E-state index >= 15 is 0 Å². The summed E-state index contributed by atoms with van der Waals surface area (Å²) >= 11 is 1.31. The summed E-state index contributed by atoms with van der Waals surface area (Å²) in [6.45, 7) is 3.50. The number of rotatable bonds is 6. The van der Waals surface area contributed by atoms with E-state index < -0.39 is 5.97 Å². The zero-order valence-corrected chi connectivity index (χ0v) is 16.3. The maximum atomic E-state index is 12.3. The van der Waals surface area contributed by atoms with Crippen LogP contribution in [0.4, 0.5) is 10.8 Å². The number of pyridine rings is 1. The minimum absolute atomic E-state index is 0.0250. The van der Waals surface area contributed by atoms with Crippen LogP contribution in [0.3, 0.4) is 0 Å². The highest BCUT2D eigenvalue weighted by Crippen LogP contribution is 2.31. The number of thiazole rings is 1. The number of carbonyl (C=O) groups is 2. The number of ether oxygens (including phenoxy) is 1. The molecular formula is C20H19N3O4S. The number of anilines is 2. The Bertz CT molecular complexity index is 985. The van der Waals surface area contributed by atoms with E-state index in [0.717, 1.165) is 17.7 Å². The first-order valence-corrected chi connectivity index (χ1v) is 9.56. The van der Waals surface area contributed by atoms with Gasteiger partial charge in [-0.1, -0.05) is 25.1 Å². The lowest BCUT2D eigenvalue weighted by Gasteiger charge is -2.20. The third-order valence-corrected chi connectivity index (χ3v) is 4.92. The van der Waals surface area contributed by atoms with E-state index in [1.54, 1.807) is 10.3 Å². The average molecular weight is 397 g/mol. The van der Waals surface area contributed by atoms with Crippen LogP contribution in [0.1, 0.15) is 35.5 Å². The molecule has 0 bridgehead atoms. The topological polar surface area (TPSA) is 86.4 Å². The van der Waals surface area contributed by atoms with E-state index in [1.807, 2.05) is 31.2 Å². The molecule has 0 aliphatic heterocycles. The summed E-state index contributed by atoms with van der Waals surface area (Å²) in [5.74, 6) is -0.691. The summed E-state index contributed by atoms with van der Waals surface area (Å²) in [6, 6.07) is 10.5. The summed E-state index contributed by atoms with van der Waals surface area (Å²) in [5, 5.41) is 13.3. The predicted molar refractivity (Wildman–Crippen MR) is 105 cm³/mol. The minimum atomic E-state index is -0.546. The van der Waals surface area contributed by atoms with Crippen molar-refractivity contribution in [3.05, 3.63) is 76.2 Å². The van der Waals surface area contributed by atoms with Gasteiger partial charge in [-0.15, -0.1) is 11.3 Å². The molecule has 0 saturated carbocycles. The van der Waals surface area contributed by atoms with Crippen molar-refractivity contribution < 1.29 is 19.1 Å². The standard InChI is InChI=1S/C20H19N3O4S/c1-3-15-6-4-5-7-18(15)23(14(2)24)20-21-17(13-28-20)12-27-19(25)16-8-10-22(26)11-9-16/h4-11,13H,3,12H2,1-2H3. The summed E-state index contributed by atoms with van der Waals surface area (Å²) in [4.78, 5) is 30.4. The quantitative estimate of drug-likeness (QED) is 0.362. The molecule has 0 atom stereocenters. The van der Waals surface area contributed by atoms with Crippen LogP contribution in [-0.4, -0.2) is 16.9 Å². The van der Waals surface area contributed by atoms with Gasteiger partial charge in [0.25, 0.3) is 0 Å². The Hall–Kier alpha value is -3.26. The normalized spacial score (nSPS) is 10.5. The van der Waals surface area contributed by atoms with Gasteiger partial charge in [0.2, 0.25) is 5.91 Å². The number of hydrogen-bond acceptors (Lipinski definition) is 6. The summed E-state index contributed by atoms with van der Waals surface area (Å²) in [6.07, 6.45) is 3.25. The largest absolute Gasteiger partial charge is 0.619 e. The van der Waals surface area contributed by atoms with Crippen LogP contribution < -0.4 is 9.63 Å².